The molecular formula is C17H26BrN3O3S. The second kappa shape index (κ2) is 8.02. The molecule has 1 aromatic carbocycles. The number of rotatable bonds is 4. The van der Waals surface area contributed by atoms with Crippen LogP contribution in [0, 0.1) is 0 Å². The monoisotopic (exact) mass is 431 g/mol. The van der Waals surface area contributed by atoms with Crippen LogP contribution in [0.4, 0.5) is 0 Å². The highest BCUT2D eigenvalue weighted by atomic mass is 79.9. The zero-order valence-corrected chi connectivity index (χ0v) is 17.2. The van der Waals surface area contributed by atoms with Crippen LogP contribution in [0.25, 0.3) is 0 Å². The highest BCUT2D eigenvalue weighted by Crippen LogP contribution is 2.21. The van der Waals surface area contributed by atoms with Crippen molar-refractivity contribution < 1.29 is 13.2 Å². The van der Waals surface area contributed by atoms with E-state index in [1.807, 2.05) is 32.0 Å². The normalized spacial score (nSPS) is 27.5. The number of morpholine rings is 1. The van der Waals surface area contributed by atoms with Gasteiger partial charge in [-0.2, -0.15) is 17.0 Å². The number of nitrogens with zero attached hydrogens (tertiary/aromatic N) is 3. The molecule has 2 aliphatic heterocycles. The summed E-state index contributed by atoms with van der Waals surface area (Å²) in [5, 5.41) is 0. The van der Waals surface area contributed by atoms with E-state index in [9.17, 15) is 8.42 Å². The molecule has 0 N–H and O–H groups in total. The highest BCUT2D eigenvalue weighted by Gasteiger charge is 2.36. The zero-order valence-electron chi connectivity index (χ0n) is 14.8. The summed E-state index contributed by atoms with van der Waals surface area (Å²) in [6.07, 6.45) is -0.120. The highest BCUT2D eigenvalue weighted by molar-refractivity contribution is 9.10. The zero-order chi connectivity index (χ0) is 18.0. The molecule has 0 amide bonds. The van der Waals surface area contributed by atoms with Crippen molar-refractivity contribution in [2.75, 3.05) is 39.3 Å². The van der Waals surface area contributed by atoms with Crippen LogP contribution in [0.2, 0.25) is 0 Å². The van der Waals surface area contributed by atoms with Crippen LogP contribution in [0.1, 0.15) is 19.4 Å². The molecule has 2 fully saturated rings. The van der Waals surface area contributed by atoms with E-state index in [0.29, 0.717) is 26.2 Å². The number of benzene rings is 1. The lowest BCUT2D eigenvalue weighted by atomic mass is 10.2. The number of hydrogen-bond acceptors (Lipinski definition) is 4. The Morgan fingerprint density at radius 2 is 1.64 bits per heavy atom. The lowest BCUT2D eigenvalue weighted by molar-refractivity contribution is -0.0457. The summed E-state index contributed by atoms with van der Waals surface area (Å²) in [4.78, 5) is 2.30. The number of halogens is 1. The van der Waals surface area contributed by atoms with Gasteiger partial charge in [-0.1, -0.05) is 34.1 Å². The van der Waals surface area contributed by atoms with Gasteiger partial charge in [0.15, 0.2) is 0 Å². The van der Waals surface area contributed by atoms with E-state index in [0.717, 1.165) is 24.1 Å². The van der Waals surface area contributed by atoms with Gasteiger partial charge in [0.1, 0.15) is 0 Å². The molecule has 0 aromatic heterocycles. The Balaban J connectivity index is 1.59. The van der Waals surface area contributed by atoms with Gasteiger partial charge in [0.2, 0.25) is 0 Å². The summed E-state index contributed by atoms with van der Waals surface area (Å²) in [6, 6.07) is 8.17. The van der Waals surface area contributed by atoms with Crippen molar-refractivity contribution >= 4 is 26.1 Å². The van der Waals surface area contributed by atoms with Gasteiger partial charge in [0.25, 0.3) is 10.2 Å². The SMILES string of the molecule is C[C@H]1CN(S(=O)(=O)N2CCN(Cc3ccccc3Br)CC2)C[C@H](C)O1. The molecule has 2 atom stereocenters. The average molecular weight is 432 g/mol. The van der Waals surface area contributed by atoms with Gasteiger partial charge in [-0.3, -0.25) is 4.90 Å². The molecule has 0 radical (unpaired) electrons. The molecule has 2 heterocycles. The van der Waals surface area contributed by atoms with Gasteiger partial charge in [0, 0.05) is 50.3 Å². The van der Waals surface area contributed by atoms with E-state index in [4.69, 9.17) is 4.74 Å². The Labute approximate surface area is 159 Å². The number of ether oxygens (including phenoxy) is 1. The van der Waals surface area contributed by atoms with Crippen molar-refractivity contribution in [2.24, 2.45) is 0 Å². The predicted octanol–water partition coefficient (Wildman–Crippen LogP) is 1.92. The minimum Gasteiger partial charge on any atom is -0.373 e. The topological polar surface area (TPSA) is 53.1 Å². The van der Waals surface area contributed by atoms with Gasteiger partial charge in [-0.15, -0.1) is 0 Å². The molecule has 0 saturated carbocycles. The first-order chi connectivity index (χ1) is 11.9. The third kappa shape index (κ3) is 4.61. The third-order valence-electron chi connectivity index (χ3n) is 4.72. The summed E-state index contributed by atoms with van der Waals surface area (Å²) in [5.41, 5.74) is 1.23. The number of piperazine rings is 1. The van der Waals surface area contributed by atoms with Crippen LogP contribution in [0.5, 0.6) is 0 Å². The standard InChI is InChI=1S/C17H26BrN3O3S/c1-14-11-21(12-15(2)24-14)25(22,23)20-9-7-19(8-10-20)13-16-5-3-4-6-17(16)18/h3-6,14-15H,7-13H2,1-2H3/t14-,15-/m0/s1. The summed E-state index contributed by atoms with van der Waals surface area (Å²) in [7, 11) is -3.40. The van der Waals surface area contributed by atoms with Gasteiger partial charge < -0.3 is 4.74 Å². The summed E-state index contributed by atoms with van der Waals surface area (Å²) in [5.74, 6) is 0. The quantitative estimate of drug-likeness (QED) is 0.730. The van der Waals surface area contributed by atoms with Crippen LogP contribution < -0.4 is 0 Å². The Kier molecular flexibility index (Phi) is 6.18. The van der Waals surface area contributed by atoms with Gasteiger partial charge >= 0.3 is 0 Å². The third-order valence-corrected chi connectivity index (χ3v) is 7.46. The molecule has 6 nitrogen and oxygen atoms in total. The van der Waals surface area contributed by atoms with E-state index in [1.165, 1.54) is 5.56 Å². The van der Waals surface area contributed by atoms with Crippen molar-refractivity contribution in [3.05, 3.63) is 34.3 Å². The first-order valence-corrected chi connectivity index (χ1v) is 10.9. The molecule has 140 valence electrons. The minimum absolute atomic E-state index is 0.0600. The molecule has 0 bridgehead atoms. The lowest BCUT2D eigenvalue weighted by Crippen LogP contribution is -2.57. The minimum atomic E-state index is -3.40. The van der Waals surface area contributed by atoms with E-state index in [-0.39, 0.29) is 12.2 Å². The molecular weight excluding hydrogens is 406 g/mol. The average Bonchev–Trinajstić information content (AvgIpc) is 2.56. The number of hydrogen-bond donors (Lipinski definition) is 0. The van der Waals surface area contributed by atoms with Gasteiger partial charge in [0.05, 0.1) is 12.2 Å². The van der Waals surface area contributed by atoms with Crippen LogP contribution in [0.3, 0.4) is 0 Å². The molecule has 1 aromatic rings. The summed E-state index contributed by atoms with van der Waals surface area (Å²) in [6.45, 7) is 8.11. The van der Waals surface area contributed by atoms with Crippen LogP contribution in [0.15, 0.2) is 28.7 Å². The fraction of sp³-hybridized carbons (Fsp3) is 0.647. The fourth-order valence-corrected chi connectivity index (χ4v) is 5.63. The summed E-state index contributed by atoms with van der Waals surface area (Å²) < 4.78 is 35.8. The van der Waals surface area contributed by atoms with Gasteiger partial charge in [-0.25, -0.2) is 0 Å². The molecule has 2 aliphatic rings. The first-order valence-electron chi connectivity index (χ1n) is 8.72. The largest absolute Gasteiger partial charge is 0.373 e. The van der Waals surface area contributed by atoms with E-state index in [2.05, 4.69) is 26.9 Å². The van der Waals surface area contributed by atoms with Crippen molar-refractivity contribution in [3.8, 4) is 0 Å². The lowest BCUT2D eigenvalue weighted by Gasteiger charge is -2.40. The molecule has 0 aliphatic carbocycles. The predicted molar refractivity (Wildman–Crippen MR) is 101 cm³/mol. The van der Waals surface area contributed by atoms with Crippen molar-refractivity contribution in [3.63, 3.8) is 0 Å². The maximum atomic E-state index is 12.9. The van der Waals surface area contributed by atoms with E-state index < -0.39 is 10.2 Å². The summed E-state index contributed by atoms with van der Waals surface area (Å²) >= 11 is 3.58. The maximum absolute atomic E-state index is 12.9. The fourth-order valence-electron chi connectivity index (χ4n) is 3.47. The Morgan fingerprint density at radius 1 is 1.04 bits per heavy atom. The van der Waals surface area contributed by atoms with Crippen molar-refractivity contribution in [1.29, 1.82) is 0 Å². The Morgan fingerprint density at radius 3 is 2.24 bits per heavy atom. The van der Waals surface area contributed by atoms with E-state index in [1.54, 1.807) is 8.61 Å². The molecule has 25 heavy (non-hydrogen) atoms. The van der Waals surface area contributed by atoms with Crippen molar-refractivity contribution in [2.45, 2.75) is 32.6 Å². The molecule has 8 heteroatoms. The van der Waals surface area contributed by atoms with Crippen LogP contribution in [-0.2, 0) is 21.5 Å². The van der Waals surface area contributed by atoms with E-state index >= 15 is 0 Å². The second-order valence-corrected chi connectivity index (χ2v) is 9.63. The molecule has 0 unspecified atom stereocenters. The second-order valence-electron chi connectivity index (χ2n) is 6.85. The smallest absolute Gasteiger partial charge is 0.282 e. The van der Waals surface area contributed by atoms with Crippen molar-refractivity contribution in [1.82, 2.24) is 13.5 Å². The van der Waals surface area contributed by atoms with Crippen LogP contribution >= 0.6 is 15.9 Å². The first kappa shape index (κ1) is 19.3. The Hall–Kier alpha value is -0.510. The Bertz CT molecular complexity index is 682. The molecule has 2 saturated heterocycles. The molecule has 0 spiro atoms. The maximum Gasteiger partial charge on any atom is 0.282 e. The molecule has 3 rings (SSSR count). The van der Waals surface area contributed by atoms with Crippen LogP contribution in [-0.4, -0.2) is 73.4 Å². The van der Waals surface area contributed by atoms with Gasteiger partial charge in [-0.05, 0) is 25.5 Å².